The number of aliphatic hydroxyl groups excluding tert-OH is 1. The standard InChI is InChI=1S/C9H22O2Si/c1-8(10)7-11-12(5,6)9(2,3)4/h8,10H,7H2,1-6H3/t8-/m1/s1/i1D. The molecule has 12 heavy (non-hydrogen) atoms. The Bertz CT molecular complexity index is 154. The van der Waals surface area contributed by atoms with Crippen LogP contribution >= 0.6 is 0 Å². The third-order valence-electron chi connectivity index (χ3n) is 2.44. The molecule has 0 bridgehead atoms. The van der Waals surface area contributed by atoms with Crippen molar-refractivity contribution >= 4 is 8.32 Å². The zero-order valence-electron chi connectivity index (χ0n) is 9.85. The van der Waals surface area contributed by atoms with Crippen molar-refractivity contribution in [3.8, 4) is 0 Å². The highest BCUT2D eigenvalue weighted by molar-refractivity contribution is 6.74. The van der Waals surface area contributed by atoms with E-state index in [1.165, 1.54) is 0 Å². The van der Waals surface area contributed by atoms with Gasteiger partial charge in [0, 0.05) is 1.37 Å². The van der Waals surface area contributed by atoms with Gasteiger partial charge in [-0.1, -0.05) is 20.8 Å². The van der Waals surface area contributed by atoms with Crippen molar-refractivity contribution in [1.82, 2.24) is 0 Å². The molecule has 0 saturated carbocycles. The molecule has 0 rings (SSSR count). The summed E-state index contributed by atoms with van der Waals surface area (Å²) in [7, 11) is -1.73. The second kappa shape index (κ2) is 3.90. The van der Waals surface area contributed by atoms with Gasteiger partial charge in [-0.05, 0) is 25.0 Å². The van der Waals surface area contributed by atoms with Gasteiger partial charge in [-0.25, -0.2) is 0 Å². The van der Waals surface area contributed by atoms with E-state index < -0.39 is 14.4 Å². The fourth-order valence-corrected chi connectivity index (χ4v) is 1.56. The molecule has 1 atom stereocenters. The van der Waals surface area contributed by atoms with E-state index in [4.69, 9.17) is 5.80 Å². The van der Waals surface area contributed by atoms with Crippen LogP contribution in [0.3, 0.4) is 0 Å². The van der Waals surface area contributed by atoms with E-state index in [1.807, 2.05) is 0 Å². The van der Waals surface area contributed by atoms with Crippen LogP contribution in [0.4, 0.5) is 0 Å². The molecule has 0 aromatic heterocycles. The summed E-state index contributed by atoms with van der Waals surface area (Å²) in [4.78, 5) is 0. The summed E-state index contributed by atoms with van der Waals surface area (Å²) < 4.78 is 12.7. The summed E-state index contributed by atoms with van der Waals surface area (Å²) in [5, 5.41) is 9.37. The van der Waals surface area contributed by atoms with E-state index in [1.54, 1.807) is 0 Å². The topological polar surface area (TPSA) is 29.5 Å². The summed E-state index contributed by atoms with van der Waals surface area (Å²) in [5.41, 5.74) is 0. The van der Waals surface area contributed by atoms with Crippen molar-refractivity contribution in [2.75, 3.05) is 6.61 Å². The molecule has 0 fully saturated rings. The molecule has 0 amide bonds. The Kier molecular flexibility index (Phi) is 3.32. The first-order valence-electron chi connectivity index (χ1n) is 5.02. The van der Waals surface area contributed by atoms with E-state index in [-0.39, 0.29) is 11.9 Å². The third-order valence-corrected chi connectivity index (χ3v) is 6.94. The minimum absolute atomic E-state index is 0.0224. The average molecular weight is 191 g/mol. The van der Waals surface area contributed by atoms with E-state index in [0.717, 1.165) is 0 Å². The summed E-state index contributed by atoms with van der Waals surface area (Å²) in [6.07, 6.45) is -0.630. The molecule has 1 N–H and O–H groups in total. The summed E-state index contributed by atoms with van der Waals surface area (Å²) >= 11 is 0. The van der Waals surface area contributed by atoms with Gasteiger partial charge in [-0.3, -0.25) is 0 Å². The lowest BCUT2D eigenvalue weighted by Gasteiger charge is -2.36. The molecule has 0 radical (unpaired) electrons. The van der Waals surface area contributed by atoms with Crippen LogP contribution in [0.25, 0.3) is 0 Å². The maximum atomic E-state index is 9.20. The van der Waals surface area contributed by atoms with Crippen LogP contribution in [0.2, 0.25) is 18.1 Å². The fraction of sp³-hybridized carbons (Fsp3) is 1.00. The first-order chi connectivity index (χ1) is 5.70. The van der Waals surface area contributed by atoms with Crippen molar-refractivity contribution in [3.05, 3.63) is 0 Å². The Balaban J connectivity index is 4.04. The smallest absolute Gasteiger partial charge is 0.192 e. The van der Waals surface area contributed by atoms with Crippen LogP contribution in [0.5, 0.6) is 0 Å². The first-order valence-corrected chi connectivity index (χ1v) is 7.23. The van der Waals surface area contributed by atoms with Gasteiger partial charge in [0.1, 0.15) is 0 Å². The summed E-state index contributed by atoms with van der Waals surface area (Å²) in [6, 6.07) is 0. The maximum Gasteiger partial charge on any atom is 0.192 e. The monoisotopic (exact) mass is 191 g/mol. The molecule has 0 aromatic carbocycles. The second-order valence-corrected chi connectivity index (χ2v) is 9.53. The van der Waals surface area contributed by atoms with Crippen LogP contribution in [0.15, 0.2) is 0 Å². The highest BCUT2D eigenvalue weighted by atomic mass is 28.4. The highest BCUT2D eigenvalue weighted by Crippen LogP contribution is 2.36. The van der Waals surface area contributed by atoms with Gasteiger partial charge in [0.2, 0.25) is 0 Å². The van der Waals surface area contributed by atoms with Crippen molar-refractivity contribution in [1.29, 1.82) is 0 Å². The van der Waals surface area contributed by atoms with Gasteiger partial charge < -0.3 is 9.53 Å². The molecular formula is C9H22O2Si. The van der Waals surface area contributed by atoms with E-state index in [9.17, 15) is 5.11 Å². The molecule has 0 heterocycles. The molecule has 0 saturated heterocycles. The molecule has 2 nitrogen and oxygen atoms in total. The predicted octanol–water partition coefficient (Wildman–Crippen LogP) is 2.39. The van der Waals surface area contributed by atoms with Crippen molar-refractivity contribution < 1.29 is 10.9 Å². The zero-order chi connectivity index (χ0) is 10.7. The lowest BCUT2D eigenvalue weighted by Crippen LogP contribution is -2.42. The quantitative estimate of drug-likeness (QED) is 0.694. The van der Waals surface area contributed by atoms with Crippen LogP contribution < -0.4 is 0 Å². The molecule has 0 aliphatic rings. The Labute approximate surface area is 78.5 Å². The van der Waals surface area contributed by atoms with E-state index in [2.05, 4.69) is 33.9 Å². The lowest BCUT2D eigenvalue weighted by atomic mass is 10.2. The van der Waals surface area contributed by atoms with Gasteiger partial charge in [0.25, 0.3) is 0 Å². The van der Waals surface area contributed by atoms with Crippen molar-refractivity contribution in [2.45, 2.75) is 51.9 Å². The molecule has 74 valence electrons. The van der Waals surface area contributed by atoms with Crippen LogP contribution in [0.1, 0.15) is 29.0 Å². The Hall–Kier alpha value is 0.137. The number of rotatable bonds is 3. The molecule has 0 aliphatic heterocycles. The van der Waals surface area contributed by atoms with Crippen LogP contribution in [-0.4, -0.2) is 26.1 Å². The third kappa shape index (κ3) is 3.69. The van der Waals surface area contributed by atoms with Crippen molar-refractivity contribution in [3.63, 3.8) is 0 Å². The van der Waals surface area contributed by atoms with Crippen molar-refractivity contribution in [2.24, 2.45) is 0 Å². The normalized spacial score (nSPS) is 17.3. The van der Waals surface area contributed by atoms with Gasteiger partial charge >= 0.3 is 0 Å². The largest absolute Gasteiger partial charge is 0.414 e. The minimum Gasteiger partial charge on any atom is -0.414 e. The predicted molar refractivity (Wildman–Crippen MR) is 54.8 cm³/mol. The second-order valence-electron chi connectivity index (χ2n) is 4.73. The van der Waals surface area contributed by atoms with E-state index in [0.29, 0.717) is 6.61 Å². The first kappa shape index (κ1) is 10.2. The van der Waals surface area contributed by atoms with E-state index >= 15 is 0 Å². The molecule has 0 spiro atoms. The number of hydrogen-bond acceptors (Lipinski definition) is 2. The van der Waals surface area contributed by atoms with Crippen LogP contribution in [-0.2, 0) is 4.43 Å². The SMILES string of the molecule is [2H]C[C@@H](O)CO[Si](C)(C)C(C)(C)C. The highest BCUT2D eigenvalue weighted by Gasteiger charge is 2.37. The zero-order valence-corrected chi connectivity index (χ0v) is 9.85. The Morgan fingerprint density at radius 1 is 1.50 bits per heavy atom. The molecule has 0 aromatic rings. The molecule has 0 unspecified atom stereocenters. The molecule has 0 aliphatic carbocycles. The Morgan fingerprint density at radius 3 is 2.33 bits per heavy atom. The number of hydrogen-bond donors (Lipinski definition) is 1. The Morgan fingerprint density at radius 2 is 2.00 bits per heavy atom. The average Bonchev–Trinajstić information content (AvgIpc) is 1.98. The van der Waals surface area contributed by atoms with Gasteiger partial charge in [0.15, 0.2) is 8.32 Å². The van der Waals surface area contributed by atoms with Gasteiger partial charge in [-0.2, -0.15) is 0 Å². The summed E-state index contributed by atoms with van der Waals surface area (Å²) in [5.74, 6) is 0. The molecular weight excluding hydrogens is 168 g/mol. The van der Waals surface area contributed by atoms with Crippen LogP contribution in [0, 0.1) is 0 Å². The summed E-state index contributed by atoms with van der Waals surface area (Å²) in [6.45, 7) is 11.1. The van der Waals surface area contributed by atoms with Gasteiger partial charge in [0.05, 0.1) is 12.7 Å². The van der Waals surface area contributed by atoms with Gasteiger partial charge in [-0.15, -0.1) is 0 Å². The maximum absolute atomic E-state index is 9.20. The molecule has 3 heteroatoms. The minimum atomic E-state index is -1.73. The lowest BCUT2D eigenvalue weighted by molar-refractivity contribution is 0.114. The fourth-order valence-electron chi connectivity index (χ4n) is 0.521. The number of aliphatic hydroxyl groups is 1.